The minimum Gasteiger partial charge on any atom is -0.356 e. The fraction of sp³-hybridized carbons (Fsp3) is 0.167. The number of hydrogen-bond acceptors (Lipinski definition) is 5. The number of anilines is 1. The molecule has 1 aromatic heterocycles. The van der Waals surface area contributed by atoms with Crippen molar-refractivity contribution in [1.82, 2.24) is 10.3 Å². The number of sulfonamides is 1. The molecule has 2 aromatic rings. The number of benzene rings is 1. The quantitative estimate of drug-likeness (QED) is 0.734. The van der Waals surface area contributed by atoms with Gasteiger partial charge >= 0.3 is 0 Å². The minimum absolute atomic E-state index is 0.0838. The molecule has 0 spiro atoms. The average Bonchev–Trinajstić information content (AvgIpc) is 2.90. The van der Waals surface area contributed by atoms with Gasteiger partial charge in [-0.3, -0.25) is 0 Å². The number of nitrogens with one attached hydrogen (secondary N) is 2. The Morgan fingerprint density at radius 2 is 2.05 bits per heavy atom. The van der Waals surface area contributed by atoms with Gasteiger partial charge in [0.1, 0.15) is 0 Å². The number of rotatable bonds is 4. The van der Waals surface area contributed by atoms with Gasteiger partial charge in [0.2, 0.25) is 10.0 Å². The first-order valence-corrected chi connectivity index (χ1v) is 8.79. The summed E-state index contributed by atoms with van der Waals surface area (Å²) >= 11 is 6.64. The van der Waals surface area contributed by atoms with Crippen LogP contribution in [0.3, 0.4) is 0 Å². The normalized spacial score (nSPS) is 12.7. The lowest BCUT2D eigenvalue weighted by atomic mass is 10.1. The molecule has 0 saturated carbocycles. The molecule has 0 amide bonds. The van der Waals surface area contributed by atoms with Crippen LogP contribution in [0, 0.1) is 0 Å². The molecule has 4 N–H and O–H groups in total. The van der Waals surface area contributed by atoms with Gasteiger partial charge < -0.3 is 10.6 Å². The lowest BCUT2D eigenvalue weighted by molar-refractivity contribution is 0.597. The molecule has 0 aliphatic heterocycles. The van der Waals surface area contributed by atoms with E-state index in [0.717, 1.165) is 5.56 Å². The van der Waals surface area contributed by atoms with Gasteiger partial charge in [-0.1, -0.05) is 12.1 Å². The van der Waals surface area contributed by atoms with Crippen molar-refractivity contribution >= 4 is 43.8 Å². The fourth-order valence-corrected chi connectivity index (χ4v) is 3.03. The maximum absolute atomic E-state index is 11.2. The van der Waals surface area contributed by atoms with Crippen molar-refractivity contribution in [2.45, 2.75) is 17.9 Å². The van der Waals surface area contributed by atoms with E-state index in [2.05, 4.69) is 15.6 Å². The van der Waals surface area contributed by atoms with Gasteiger partial charge in [0, 0.05) is 11.6 Å². The summed E-state index contributed by atoms with van der Waals surface area (Å²) in [7, 11) is -3.67. The molecule has 0 saturated heterocycles. The van der Waals surface area contributed by atoms with Crippen LogP contribution in [-0.4, -0.2) is 18.5 Å². The van der Waals surface area contributed by atoms with E-state index >= 15 is 0 Å². The molecule has 2 rings (SSSR count). The zero-order chi connectivity index (χ0) is 15.5. The highest BCUT2D eigenvalue weighted by atomic mass is 32.2. The van der Waals surface area contributed by atoms with Crippen LogP contribution in [-0.2, 0) is 10.0 Å². The molecule has 0 radical (unpaired) electrons. The molecule has 6 nitrogen and oxygen atoms in total. The van der Waals surface area contributed by atoms with Crippen molar-refractivity contribution in [1.29, 1.82) is 0 Å². The van der Waals surface area contributed by atoms with Crippen molar-refractivity contribution in [3.05, 3.63) is 41.4 Å². The first-order valence-electron chi connectivity index (χ1n) is 5.96. The summed E-state index contributed by atoms with van der Waals surface area (Å²) in [4.78, 5) is 4.16. The minimum atomic E-state index is -3.67. The number of primary sulfonamides is 1. The van der Waals surface area contributed by atoms with E-state index in [1.807, 2.05) is 12.3 Å². The zero-order valence-electron chi connectivity index (χ0n) is 11.1. The smallest absolute Gasteiger partial charge is 0.238 e. The Labute approximate surface area is 132 Å². The van der Waals surface area contributed by atoms with Crippen LogP contribution in [0.15, 0.2) is 40.7 Å². The third kappa shape index (κ3) is 4.46. The maximum Gasteiger partial charge on any atom is 0.238 e. The van der Waals surface area contributed by atoms with E-state index in [1.165, 1.54) is 23.5 Å². The number of nitrogens with zero attached hydrogens (tertiary/aromatic N) is 1. The number of thiazole rings is 1. The SMILES string of the molecule is CC(NC(=S)Nc1nccs1)c1ccc(S(N)(=O)=O)cc1. The van der Waals surface area contributed by atoms with Crippen LogP contribution < -0.4 is 15.8 Å². The number of aromatic nitrogens is 1. The second kappa shape index (κ2) is 6.48. The first kappa shape index (κ1) is 15.8. The van der Waals surface area contributed by atoms with E-state index in [1.54, 1.807) is 18.3 Å². The highest BCUT2D eigenvalue weighted by molar-refractivity contribution is 7.89. The number of thiocarbonyl (C=S) groups is 1. The van der Waals surface area contributed by atoms with Crippen molar-refractivity contribution in [2.24, 2.45) is 5.14 Å². The van der Waals surface area contributed by atoms with Gasteiger partial charge in [-0.15, -0.1) is 11.3 Å². The Morgan fingerprint density at radius 3 is 2.57 bits per heavy atom. The second-order valence-corrected chi connectivity index (χ2v) is 7.14. The van der Waals surface area contributed by atoms with Gasteiger partial charge in [-0.2, -0.15) is 0 Å². The number of hydrogen-bond donors (Lipinski definition) is 3. The summed E-state index contributed by atoms with van der Waals surface area (Å²) in [5.41, 5.74) is 0.894. The van der Waals surface area contributed by atoms with Crippen LogP contribution in [0.2, 0.25) is 0 Å². The molecule has 1 atom stereocenters. The topological polar surface area (TPSA) is 97.1 Å². The second-order valence-electron chi connectivity index (χ2n) is 4.27. The Hall–Kier alpha value is -1.55. The Kier molecular flexibility index (Phi) is 4.88. The highest BCUT2D eigenvalue weighted by Gasteiger charge is 2.11. The van der Waals surface area contributed by atoms with Crippen molar-refractivity contribution in [3.8, 4) is 0 Å². The molecular formula is C12H14N4O2S3. The lowest BCUT2D eigenvalue weighted by Gasteiger charge is -2.16. The van der Waals surface area contributed by atoms with Crippen LogP contribution in [0.25, 0.3) is 0 Å². The zero-order valence-corrected chi connectivity index (χ0v) is 13.6. The summed E-state index contributed by atoms with van der Waals surface area (Å²) in [6.45, 7) is 1.92. The van der Waals surface area contributed by atoms with Crippen LogP contribution in [0.5, 0.6) is 0 Å². The molecule has 0 aliphatic rings. The third-order valence-electron chi connectivity index (χ3n) is 2.71. The molecule has 112 valence electrons. The van der Waals surface area contributed by atoms with Gasteiger partial charge in [-0.25, -0.2) is 18.5 Å². The van der Waals surface area contributed by atoms with Crippen molar-refractivity contribution in [3.63, 3.8) is 0 Å². The molecule has 1 unspecified atom stereocenters. The highest BCUT2D eigenvalue weighted by Crippen LogP contribution is 2.16. The molecule has 0 bridgehead atoms. The first-order chi connectivity index (χ1) is 9.86. The van der Waals surface area contributed by atoms with E-state index < -0.39 is 10.0 Å². The van der Waals surface area contributed by atoms with E-state index in [4.69, 9.17) is 17.4 Å². The largest absolute Gasteiger partial charge is 0.356 e. The summed E-state index contributed by atoms with van der Waals surface area (Å²) in [5.74, 6) is 0. The Bertz CT molecular complexity index is 711. The molecular weight excluding hydrogens is 328 g/mol. The maximum atomic E-state index is 11.2. The summed E-state index contributed by atoms with van der Waals surface area (Å²) in [6.07, 6.45) is 1.69. The predicted octanol–water partition coefficient (Wildman–Crippen LogP) is 1.84. The molecule has 0 aliphatic carbocycles. The monoisotopic (exact) mass is 342 g/mol. The number of nitrogens with two attached hydrogens (primary N) is 1. The van der Waals surface area contributed by atoms with Gasteiger partial charge in [0.15, 0.2) is 10.2 Å². The van der Waals surface area contributed by atoms with Gasteiger partial charge in [0.05, 0.1) is 10.9 Å². The van der Waals surface area contributed by atoms with Gasteiger partial charge in [0.25, 0.3) is 0 Å². The van der Waals surface area contributed by atoms with E-state index in [-0.39, 0.29) is 10.9 Å². The Morgan fingerprint density at radius 1 is 1.38 bits per heavy atom. The summed E-state index contributed by atoms with van der Waals surface area (Å²) < 4.78 is 22.4. The standard InChI is InChI=1S/C12H14N4O2S3/c1-8(15-11(19)16-12-14-6-7-20-12)9-2-4-10(5-3-9)21(13,17)18/h2-8H,1H3,(H2,13,17,18)(H2,14,15,16,19). The lowest BCUT2D eigenvalue weighted by Crippen LogP contribution is -2.30. The molecule has 9 heteroatoms. The van der Waals surface area contributed by atoms with Crippen LogP contribution >= 0.6 is 23.6 Å². The fourth-order valence-electron chi connectivity index (χ4n) is 1.64. The molecule has 1 aromatic carbocycles. The molecule has 1 heterocycles. The molecule has 0 fully saturated rings. The molecule has 21 heavy (non-hydrogen) atoms. The van der Waals surface area contributed by atoms with E-state index in [9.17, 15) is 8.42 Å². The van der Waals surface area contributed by atoms with Crippen molar-refractivity contribution < 1.29 is 8.42 Å². The predicted molar refractivity (Wildman–Crippen MR) is 87.7 cm³/mol. The summed E-state index contributed by atoms with van der Waals surface area (Å²) in [5, 5.41) is 14.1. The Balaban J connectivity index is 2.00. The van der Waals surface area contributed by atoms with E-state index in [0.29, 0.717) is 10.2 Å². The van der Waals surface area contributed by atoms with Crippen molar-refractivity contribution in [2.75, 3.05) is 5.32 Å². The van der Waals surface area contributed by atoms with Gasteiger partial charge in [-0.05, 0) is 36.8 Å². The van der Waals surface area contributed by atoms with Crippen LogP contribution in [0.4, 0.5) is 5.13 Å². The van der Waals surface area contributed by atoms with Crippen LogP contribution in [0.1, 0.15) is 18.5 Å². The summed E-state index contributed by atoms with van der Waals surface area (Å²) in [6, 6.07) is 6.26. The average molecular weight is 342 g/mol. The third-order valence-corrected chi connectivity index (χ3v) is 4.55.